The molecule has 1 N–H and O–H groups in total. The number of carbonyl (C=O) groups excluding carboxylic acids is 2. The molecular formula is C23H23N3O3. The average Bonchev–Trinajstić information content (AvgIpc) is 2.77. The number of benzene rings is 2. The maximum atomic E-state index is 13.1. The number of nitrogens with zero attached hydrogens (tertiary/aromatic N) is 2. The minimum atomic E-state index is -0.295. The Morgan fingerprint density at radius 2 is 1.52 bits per heavy atom. The molecule has 2 aromatic carbocycles. The van der Waals surface area contributed by atoms with Crippen molar-refractivity contribution in [2.45, 2.75) is 13.3 Å². The van der Waals surface area contributed by atoms with Gasteiger partial charge in [-0.05, 0) is 30.2 Å². The highest BCUT2D eigenvalue weighted by atomic mass is 16.2. The number of pyridine rings is 1. The van der Waals surface area contributed by atoms with E-state index in [9.17, 15) is 14.4 Å². The number of piperazine rings is 1. The van der Waals surface area contributed by atoms with Crippen LogP contribution in [-0.4, -0.2) is 52.8 Å². The van der Waals surface area contributed by atoms with Crippen molar-refractivity contribution in [3.05, 3.63) is 81.6 Å². The van der Waals surface area contributed by atoms with Crippen LogP contribution in [0.2, 0.25) is 0 Å². The van der Waals surface area contributed by atoms with Crippen LogP contribution >= 0.6 is 0 Å². The summed E-state index contributed by atoms with van der Waals surface area (Å²) in [5.74, 6) is -0.187. The van der Waals surface area contributed by atoms with Crippen LogP contribution in [0.25, 0.3) is 10.9 Å². The third-order valence-electron chi connectivity index (χ3n) is 5.44. The third kappa shape index (κ3) is 3.78. The molecule has 1 aromatic heterocycles. The lowest BCUT2D eigenvalue weighted by Gasteiger charge is -2.35. The molecule has 0 unspecified atom stereocenters. The van der Waals surface area contributed by atoms with E-state index in [4.69, 9.17) is 0 Å². The van der Waals surface area contributed by atoms with Crippen LogP contribution in [0.3, 0.4) is 0 Å². The summed E-state index contributed by atoms with van der Waals surface area (Å²) in [5.41, 5.74) is 2.62. The van der Waals surface area contributed by atoms with Crippen molar-refractivity contribution in [3.8, 4) is 0 Å². The van der Waals surface area contributed by atoms with E-state index in [-0.39, 0.29) is 17.4 Å². The first kappa shape index (κ1) is 18.9. The molecule has 2 heterocycles. The molecule has 0 saturated carbocycles. The van der Waals surface area contributed by atoms with Crippen molar-refractivity contribution in [3.63, 3.8) is 0 Å². The van der Waals surface area contributed by atoms with Gasteiger partial charge in [-0.3, -0.25) is 14.4 Å². The zero-order chi connectivity index (χ0) is 20.4. The van der Waals surface area contributed by atoms with Crippen molar-refractivity contribution in [2.75, 3.05) is 26.2 Å². The summed E-state index contributed by atoms with van der Waals surface area (Å²) in [6.07, 6.45) is 0.937. The second kappa shape index (κ2) is 7.91. The lowest BCUT2D eigenvalue weighted by molar-refractivity contribution is 0.0536. The Morgan fingerprint density at radius 3 is 2.17 bits per heavy atom. The minimum absolute atomic E-state index is 0.0126. The van der Waals surface area contributed by atoms with E-state index >= 15 is 0 Å². The largest absolute Gasteiger partial charge is 0.335 e. The smallest absolute Gasteiger partial charge is 0.254 e. The molecule has 6 nitrogen and oxygen atoms in total. The van der Waals surface area contributed by atoms with Crippen LogP contribution in [0, 0.1) is 0 Å². The lowest BCUT2D eigenvalue weighted by Crippen LogP contribution is -2.50. The van der Waals surface area contributed by atoms with Crippen LogP contribution in [0.15, 0.2) is 59.4 Å². The molecule has 29 heavy (non-hydrogen) atoms. The maximum Gasteiger partial charge on any atom is 0.254 e. The van der Waals surface area contributed by atoms with Gasteiger partial charge in [0.2, 0.25) is 5.56 Å². The first-order valence-corrected chi connectivity index (χ1v) is 9.86. The molecule has 4 rings (SSSR count). The van der Waals surface area contributed by atoms with Crippen LogP contribution in [0.4, 0.5) is 0 Å². The average molecular weight is 389 g/mol. The number of H-pyrrole nitrogens is 1. The van der Waals surface area contributed by atoms with Gasteiger partial charge < -0.3 is 14.8 Å². The van der Waals surface area contributed by atoms with E-state index in [0.29, 0.717) is 42.8 Å². The highest BCUT2D eigenvalue weighted by Gasteiger charge is 2.26. The van der Waals surface area contributed by atoms with Crippen molar-refractivity contribution >= 4 is 22.7 Å². The second-order valence-corrected chi connectivity index (χ2v) is 7.23. The van der Waals surface area contributed by atoms with Crippen molar-refractivity contribution < 1.29 is 9.59 Å². The molecule has 0 radical (unpaired) electrons. The number of nitrogens with one attached hydrogen (secondary N) is 1. The summed E-state index contributed by atoms with van der Waals surface area (Å²) in [4.78, 5) is 44.0. The zero-order valence-electron chi connectivity index (χ0n) is 16.4. The Morgan fingerprint density at radius 1 is 0.897 bits per heavy atom. The van der Waals surface area contributed by atoms with Gasteiger partial charge in [0.25, 0.3) is 11.8 Å². The fraction of sp³-hybridized carbons (Fsp3) is 0.261. The Labute approximate surface area is 168 Å². The molecule has 0 bridgehead atoms. The number of rotatable bonds is 3. The number of aryl methyl sites for hydroxylation is 1. The zero-order valence-corrected chi connectivity index (χ0v) is 16.4. The standard InChI is InChI=1S/C23H23N3O3/c1-2-16-7-9-17(10-8-16)22(28)25-11-13-26(14-12-25)23(29)19-15-21(27)24-20-6-4-3-5-18(19)20/h3-10,15H,2,11-14H2,1H3,(H,24,27). The molecule has 1 aliphatic rings. The summed E-state index contributed by atoms with van der Waals surface area (Å²) >= 11 is 0. The lowest BCUT2D eigenvalue weighted by atomic mass is 10.1. The molecular weight excluding hydrogens is 366 g/mol. The van der Waals surface area contributed by atoms with Crippen LogP contribution < -0.4 is 5.56 Å². The van der Waals surface area contributed by atoms with E-state index in [0.717, 1.165) is 11.8 Å². The maximum absolute atomic E-state index is 13.1. The highest BCUT2D eigenvalue weighted by Crippen LogP contribution is 2.18. The Balaban J connectivity index is 1.48. The van der Waals surface area contributed by atoms with Crippen molar-refractivity contribution in [1.29, 1.82) is 0 Å². The molecule has 1 aliphatic heterocycles. The van der Waals surface area contributed by atoms with E-state index in [2.05, 4.69) is 11.9 Å². The third-order valence-corrected chi connectivity index (χ3v) is 5.44. The number of aromatic nitrogens is 1. The molecule has 2 amide bonds. The molecule has 6 heteroatoms. The van der Waals surface area contributed by atoms with Gasteiger partial charge in [0, 0.05) is 48.7 Å². The van der Waals surface area contributed by atoms with Crippen molar-refractivity contribution in [2.24, 2.45) is 0 Å². The summed E-state index contributed by atoms with van der Waals surface area (Å²) in [5, 5.41) is 0.728. The number of hydrogen-bond acceptors (Lipinski definition) is 3. The number of para-hydroxylation sites is 1. The molecule has 1 fully saturated rings. The molecule has 0 spiro atoms. The van der Waals surface area contributed by atoms with Crippen LogP contribution in [0.1, 0.15) is 33.2 Å². The fourth-order valence-corrected chi connectivity index (χ4v) is 3.73. The summed E-state index contributed by atoms with van der Waals surface area (Å²) in [7, 11) is 0. The topological polar surface area (TPSA) is 73.5 Å². The Hall–Kier alpha value is -3.41. The van der Waals surface area contributed by atoms with Gasteiger partial charge in [-0.1, -0.05) is 37.3 Å². The number of carbonyl (C=O) groups is 2. The minimum Gasteiger partial charge on any atom is -0.335 e. The van der Waals surface area contributed by atoms with Gasteiger partial charge in [-0.2, -0.15) is 0 Å². The molecule has 0 aliphatic carbocycles. The predicted molar refractivity (Wildman–Crippen MR) is 112 cm³/mol. The normalized spacial score (nSPS) is 14.2. The van der Waals surface area contributed by atoms with E-state index in [1.807, 2.05) is 42.5 Å². The Kier molecular flexibility index (Phi) is 5.16. The Bertz CT molecular complexity index is 1110. The summed E-state index contributed by atoms with van der Waals surface area (Å²) in [6, 6.07) is 16.3. The van der Waals surface area contributed by atoms with E-state index in [1.165, 1.54) is 11.6 Å². The highest BCUT2D eigenvalue weighted by molar-refractivity contribution is 6.06. The summed E-state index contributed by atoms with van der Waals surface area (Å²) < 4.78 is 0. The van der Waals surface area contributed by atoms with Gasteiger partial charge in [0.1, 0.15) is 0 Å². The van der Waals surface area contributed by atoms with Gasteiger partial charge in [0.05, 0.1) is 5.56 Å². The van der Waals surface area contributed by atoms with Gasteiger partial charge >= 0.3 is 0 Å². The van der Waals surface area contributed by atoms with Crippen LogP contribution in [0.5, 0.6) is 0 Å². The number of hydrogen-bond donors (Lipinski definition) is 1. The van der Waals surface area contributed by atoms with Gasteiger partial charge in [-0.15, -0.1) is 0 Å². The molecule has 3 aromatic rings. The monoisotopic (exact) mass is 389 g/mol. The van der Waals surface area contributed by atoms with Gasteiger partial charge in [-0.25, -0.2) is 0 Å². The fourth-order valence-electron chi connectivity index (χ4n) is 3.73. The van der Waals surface area contributed by atoms with Gasteiger partial charge in [0.15, 0.2) is 0 Å². The second-order valence-electron chi connectivity index (χ2n) is 7.23. The molecule has 148 valence electrons. The van der Waals surface area contributed by atoms with E-state index < -0.39 is 0 Å². The number of amides is 2. The van der Waals surface area contributed by atoms with Crippen LogP contribution in [-0.2, 0) is 6.42 Å². The molecule has 0 atom stereocenters. The van der Waals surface area contributed by atoms with Crippen molar-refractivity contribution in [1.82, 2.24) is 14.8 Å². The SMILES string of the molecule is CCc1ccc(C(=O)N2CCN(C(=O)c3cc(=O)[nH]c4ccccc34)CC2)cc1. The molecule has 1 saturated heterocycles. The number of fused-ring (bicyclic) bond motifs is 1. The quantitative estimate of drug-likeness (QED) is 0.749. The predicted octanol–water partition coefficient (Wildman–Crippen LogP) is 2.69. The number of aromatic amines is 1. The summed E-state index contributed by atoms with van der Waals surface area (Å²) in [6.45, 7) is 3.91. The van der Waals surface area contributed by atoms with E-state index in [1.54, 1.807) is 15.9 Å². The first-order valence-electron chi connectivity index (χ1n) is 9.86. The first-order chi connectivity index (χ1) is 14.1.